The molecule has 7 atom stereocenters. The van der Waals surface area contributed by atoms with Crippen LogP contribution in [-0.4, -0.2) is 55.0 Å². The number of nitrogens with zero attached hydrogens (tertiary/aromatic N) is 2. The summed E-state index contributed by atoms with van der Waals surface area (Å²) in [6, 6.07) is 0. The van der Waals surface area contributed by atoms with Crippen LogP contribution in [0.1, 0.15) is 104 Å². The zero-order valence-electron chi connectivity index (χ0n) is 27.1. The molecule has 0 amide bonds. The van der Waals surface area contributed by atoms with Crippen molar-refractivity contribution in [3.63, 3.8) is 0 Å². The Hall–Kier alpha value is -1.55. The van der Waals surface area contributed by atoms with E-state index in [0.717, 1.165) is 35.7 Å². The molecule has 0 saturated carbocycles. The van der Waals surface area contributed by atoms with Crippen molar-refractivity contribution in [3.8, 4) is 0 Å². The summed E-state index contributed by atoms with van der Waals surface area (Å²) in [6.45, 7) is 23.7. The van der Waals surface area contributed by atoms with E-state index in [4.69, 9.17) is 28.9 Å². The predicted molar refractivity (Wildman–Crippen MR) is 168 cm³/mol. The number of fused-ring (bicyclic) bond motifs is 2. The Bertz CT molecular complexity index is 1160. The van der Waals surface area contributed by atoms with Crippen LogP contribution in [0.2, 0.25) is 18.1 Å². The summed E-state index contributed by atoms with van der Waals surface area (Å²) in [6.07, 6.45) is 7.69. The Morgan fingerprint density at radius 2 is 1.95 bits per heavy atom. The molecule has 4 rings (SSSR count). The highest BCUT2D eigenvalue weighted by Gasteiger charge is 2.61. The molecule has 9 heteroatoms. The second-order valence-corrected chi connectivity index (χ2v) is 20.4. The fourth-order valence-corrected chi connectivity index (χ4v) is 8.10. The van der Waals surface area contributed by atoms with Gasteiger partial charge in [0, 0.05) is 17.2 Å². The van der Waals surface area contributed by atoms with Crippen LogP contribution in [-0.2, 0) is 23.5 Å². The van der Waals surface area contributed by atoms with E-state index in [9.17, 15) is 4.79 Å². The maximum atomic E-state index is 13.6. The summed E-state index contributed by atoms with van der Waals surface area (Å²) >= 11 is 1.62. The molecule has 4 heterocycles. The number of aryl methyl sites for hydroxylation is 1. The lowest BCUT2D eigenvalue weighted by atomic mass is 9.68. The van der Waals surface area contributed by atoms with Gasteiger partial charge in [-0.2, -0.15) is 0 Å². The van der Waals surface area contributed by atoms with Gasteiger partial charge >= 0.3 is 5.97 Å². The molecule has 230 valence electrons. The van der Waals surface area contributed by atoms with Gasteiger partial charge in [-0.1, -0.05) is 65.3 Å². The van der Waals surface area contributed by atoms with Crippen molar-refractivity contribution in [2.45, 2.75) is 148 Å². The molecule has 2 saturated heterocycles. The summed E-state index contributed by atoms with van der Waals surface area (Å²) in [5.74, 6) is 0.0548. The average Bonchev–Trinajstić information content (AvgIpc) is 3.25. The van der Waals surface area contributed by atoms with E-state index in [1.807, 2.05) is 13.8 Å². The number of allylic oxidation sites excluding steroid dienone is 2. The van der Waals surface area contributed by atoms with Crippen LogP contribution in [0, 0.1) is 18.3 Å². The summed E-state index contributed by atoms with van der Waals surface area (Å²) in [5, 5.41) is 7.86. The number of aromatic nitrogens is 1. The molecule has 41 heavy (non-hydrogen) atoms. The molecule has 0 unspecified atom stereocenters. The lowest BCUT2D eigenvalue weighted by Crippen LogP contribution is -2.52. The monoisotopic (exact) mass is 604 g/mol. The van der Waals surface area contributed by atoms with Crippen molar-refractivity contribution in [2.75, 3.05) is 0 Å². The maximum Gasteiger partial charge on any atom is 0.308 e. The number of oxime groups is 1. The molecule has 3 aliphatic rings. The van der Waals surface area contributed by atoms with Gasteiger partial charge in [-0.05, 0) is 57.7 Å². The first kappa shape index (κ1) is 32.4. The van der Waals surface area contributed by atoms with E-state index < -0.39 is 31.5 Å². The van der Waals surface area contributed by atoms with Crippen molar-refractivity contribution in [1.29, 1.82) is 0 Å². The summed E-state index contributed by atoms with van der Waals surface area (Å²) in [4.78, 5) is 24.9. The van der Waals surface area contributed by atoms with E-state index in [-0.39, 0.29) is 35.6 Å². The number of cyclic esters (lactones) is 1. The zero-order chi connectivity index (χ0) is 30.4. The lowest BCUT2D eigenvalue weighted by molar-refractivity contribution is -0.173. The van der Waals surface area contributed by atoms with Crippen molar-refractivity contribution >= 4 is 31.3 Å². The molecule has 2 fully saturated rings. The molecule has 0 N–H and O–H groups in total. The number of esters is 1. The Morgan fingerprint density at radius 1 is 1.24 bits per heavy atom. The van der Waals surface area contributed by atoms with Gasteiger partial charge in [0.2, 0.25) is 0 Å². The van der Waals surface area contributed by atoms with E-state index in [1.54, 1.807) is 11.3 Å². The fraction of sp³-hybridized carbons (Fsp3) is 0.781. The number of hydrogen-bond acceptors (Lipinski definition) is 8. The molecule has 7 nitrogen and oxygen atoms in total. The smallest absolute Gasteiger partial charge is 0.308 e. The first-order chi connectivity index (χ1) is 19.0. The Kier molecular flexibility index (Phi) is 9.35. The molecular formula is C32H52N2O5SSi. The van der Waals surface area contributed by atoms with E-state index in [1.165, 1.54) is 0 Å². The Balaban J connectivity index is 1.62. The normalized spacial score (nSPS) is 32.5. The molecule has 0 aromatic carbocycles. The van der Waals surface area contributed by atoms with Crippen LogP contribution >= 0.6 is 11.3 Å². The SMILES string of the molecule is C/C=C\[C@@H](C)CCC[C@H]1O[C@H]1C[C@@H]1OC(=O)C[C@H](O[Si](C)(C)C(C)(C)C)C(C)(C)C2=NO[C@@]1(C)[C@@H]2c1csc(C)n1. The molecule has 0 radical (unpaired) electrons. The summed E-state index contributed by atoms with van der Waals surface area (Å²) in [7, 11) is -2.22. The van der Waals surface area contributed by atoms with Gasteiger partial charge in [-0.3, -0.25) is 4.79 Å². The number of epoxide rings is 1. The third kappa shape index (κ3) is 6.83. The van der Waals surface area contributed by atoms with Crippen molar-refractivity contribution < 1.29 is 23.5 Å². The first-order valence-electron chi connectivity index (χ1n) is 15.3. The van der Waals surface area contributed by atoms with Crippen LogP contribution in [0.25, 0.3) is 0 Å². The highest BCUT2D eigenvalue weighted by atomic mass is 32.1. The van der Waals surface area contributed by atoms with E-state index in [2.05, 4.69) is 79.1 Å². The number of carbonyl (C=O) groups excluding carboxylic acids is 1. The van der Waals surface area contributed by atoms with Gasteiger partial charge in [0.05, 0.1) is 47.1 Å². The molecule has 1 aromatic rings. The van der Waals surface area contributed by atoms with Gasteiger partial charge in [0.1, 0.15) is 6.10 Å². The van der Waals surface area contributed by atoms with Crippen LogP contribution < -0.4 is 0 Å². The standard InChI is InChI=1S/C32H52N2O5SSi/c1-12-14-20(2)15-13-16-23-24(36-23)17-26-32(9)28(22-19-40-21(3)33-22)29(34-39-32)31(7,8)25(18-27(35)37-26)38-41(10,11)30(4,5)6/h12,14,19-20,23-26,28H,13,15-18H2,1-11H3/b14-12-/t20-,23-,24+,25+,26+,28-,32-/m1/s1. The van der Waals surface area contributed by atoms with Crippen LogP contribution in [0.5, 0.6) is 0 Å². The number of hydrogen-bond donors (Lipinski definition) is 0. The minimum absolute atomic E-state index is 0.00911. The van der Waals surface area contributed by atoms with E-state index >= 15 is 0 Å². The van der Waals surface area contributed by atoms with Crippen molar-refractivity contribution in [2.24, 2.45) is 16.5 Å². The molecule has 1 aromatic heterocycles. The third-order valence-corrected chi connectivity index (χ3v) is 15.2. The Morgan fingerprint density at radius 3 is 2.56 bits per heavy atom. The lowest BCUT2D eigenvalue weighted by Gasteiger charge is -2.44. The topological polar surface area (TPSA) is 82.5 Å². The quantitative estimate of drug-likeness (QED) is 0.117. The molecule has 3 aliphatic heterocycles. The summed E-state index contributed by atoms with van der Waals surface area (Å²) < 4.78 is 19.4. The number of thiazole rings is 1. The van der Waals surface area contributed by atoms with Crippen LogP contribution in [0.3, 0.4) is 0 Å². The number of rotatable bonds is 10. The zero-order valence-corrected chi connectivity index (χ0v) is 28.9. The molecule has 0 aliphatic carbocycles. The van der Waals surface area contributed by atoms with Gasteiger partial charge < -0.3 is 18.7 Å². The average molecular weight is 605 g/mol. The van der Waals surface area contributed by atoms with Crippen molar-refractivity contribution in [1.82, 2.24) is 4.98 Å². The van der Waals surface area contributed by atoms with Crippen LogP contribution in [0.15, 0.2) is 22.7 Å². The molecule has 0 spiro atoms. The first-order valence-corrected chi connectivity index (χ1v) is 19.1. The largest absolute Gasteiger partial charge is 0.458 e. The van der Waals surface area contributed by atoms with Gasteiger partial charge in [0.25, 0.3) is 0 Å². The minimum Gasteiger partial charge on any atom is -0.458 e. The minimum atomic E-state index is -2.22. The second kappa shape index (κ2) is 11.9. The third-order valence-electron chi connectivity index (χ3n) is 9.90. The Labute approximate surface area is 252 Å². The fourth-order valence-electron chi connectivity index (χ4n) is 6.02. The van der Waals surface area contributed by atoms with Gasteiger partial charge in [-0.15, -0.1) is 11.3 Å². The summed E-state index contributed by atoms with van der Waals surface area (Å²) in [5.41, 5.74) is 0.320. The van der Waals surface area contributed by atoms with Crippen molar-refractivity contribution in [3.05, 3.63) is 28.2 Å². The van der Waals surface area contributed by atoms with Gasteiger partial charge in [-0.25, -0.2) is 4.98 Å². The number of ether oxygens (including phenoxy) is 2. The highest BCUT2D eigenvalue weighted by molar-refractivity contribution is 7.09. The highest BCUT2D eigenvalue weighted by Crippen LogP contribution is 2.52. The molecular weight excluding hydrogens is 553 g/mol. The predicted octanol–water partition coefficient (Wildman–Crippen LogP) is 7.95. The number of carbonyl (C=O) groups is 1. The molecule has 2 bridgehead atoms. The van der Waals surface area contributed by atoms with E-state index in [0.29, 0.717) is 12.3 Å². The van der Waals surface area contributed by atoms with Gasteiger partial charge in [0.15, 0.2) is 13.9 Å². The van der Waals surface area contributed by atoms with Crippen LogP contribution in [0.4, 0.5) is 0 Å². The second-order valence-electron chi connectivity index (χ2n) is 14.6. The maximum absolute atomic E-state index is 13.6.